The van der Waals surface area contributed by atoms with Crippen molar-refractivity contribution in [2.75, 3.05) is 30.4 Å². The maximum Gasteiger partial charge on any atom is 0.313 e. The van der Waals surface area contributed by atoms with Crippen LogP contribution in [0.25, 0.3) is 0 Å². The van der Waals surface area contributed by atoms with E-state index in [9.17, 15) is 14.4 Å². The van der Waals surface area contributed by atoms with Crippen molar-refractivity contribution >= 4 is 29.1 Å². The molecule has 0 spiro atoms. The summed E-state index contributed by atoms with van der Waals surface area (Å²) in [6.45, 7) is 4.79. The van der Waals surface area contributed by atoms with Crippen molar-refractivity contribution in [1.29, 1.82) is 0 Å². The standard InChI is InChI=1S/C24H29N3O4/c1-16(2)24(30)27-14-6-8-18-15-19(10-11-20(18)27)26-23(29)22(28)25-13-12-17-7-4-5-9-21(17)31-3/h4-5,7,9-11,15-16H,6,8,12-14H2,1-3H3,(H,25,28)(H,26,29). The molecule has 2 N–H and O–H groups in total. The van der Waals surface area contributed by atoms with E-state index in [1.165, 1.54) is 0 Å². The highest BCUT2D eigenvalue weighted by atomic mass is 16.5. The van der Waals surface area contributed by atoms with E-state index in [2.05, 4.69) is 10.6 Å². The molecule has 3 amide bonds. The smallest absolute Gasteiger partial charge is 0.313 e. The van der Waals surface area contributed by atoms with Gasteiger partial charge in [-0.05, 0) is 54.7 Å². The predicted octanol–water partition coefficient (Wildman–Crippen LogP) is 2.93. The quantitative estimate of drug-likeness (QED) is 0.700. The van der Waals surface area contributed by atoms with Gasteiger partial charge in [-0.3, -0.25) is 14.4 Å². The van der Waals surface area contributed by atoms with E-state index >= 15 is 0 Å². The van der Waals surface area contributed by atoms with E-state index in [1.54, 1.807) is 18.1 Å². The minimum atomic E-state index is -0.717. The lowest BCUT2D eigenvalue weighted by Crippen LogP contribution is -2.38. The molecule has 0 saturated heterocycles. The first kappa shape index (κ1) is 22.3. The SMILES string of the molecule is COc1ccccc1CCNC(=O)C(=O)Nc1ccc2c(c1)CCCN2C(=O)C(C)C. The number of carbonyl (C=O) groups excluding carboxylic acids is 3. The molecule has 1 aliphatic rings. The second-order valence-corrected chi connectivity index (χ2v) is 7.86. The lowest BCUT2D eigenvalue weighted by molar-refractivity contribution is -0.136. The number of amides is 3. The maximum atomic E-state index is 12.5. The third kappa shape index (κ3) is 5.42. The summed E-state index contributed by atoms with van der Waals surface area (Å²) in [5.74, 6) is -0.646. The van der Waals surface area contributed by atoms with Crippen LogP contribution in [0.2, 0.25) is 0 Å². The van der Waals surface area contributed by atoms with Crippen molar-refractivity contribution in [2.45, 2.75) is 33.1 Å². The number of nitrogens with one attached hydrogen (secondary N) is 2. The lowest BCUT2D eigenvalue weighted by atomic mass is 9.99. The second-order valence-electron chi connectivity index (χ2n) is 7.86. The van der Waals surface area contributed by atoms with E-state index < -0.39 is 11.8 Å². The average molecular weight is 424 g/mol. The van der Waals surface area contributed by atoms with E-state index in [0.717, 1.165) is 35.4 Å². The van der Waals surface area contributed by atoms with E-state index in [1.807, 2.05) is 50.2 Å². The Morgan fingerprint density at radius 3 is 2.61 bits per heavy atom. The first-order chi connectivity index (χ1) is 14.9. The second kappa shape index (κ2) is 10.1. The number of para-hydroxylation sites is 1. The number of hydrogen-bond acceptors (Lipinski definition) is 4. The van der Waals surface area contributed by atoms with Crippen molar-refractivity contribution in [3.63, 3.8) is 0 Å². The molecule has 3 rings (SSSR count). The topological polar surface area (TPSA) is 87.7 Å². The zero-order valence-corrected chi connectivity index (χ0v) is 18.2. The fourth-order valence-corrected chi connectivity index (χ4v) is 3.70. The maximum absolute atomic E-state index is 12.5. The Morgan fingerprint density at radius 2 is 1.87 bits per heavy atom. The molecule has 1 heterocycles. The van der Waals surface area contributed by atoms with Crippen LogP contribution in [0.15, 0.2) is 42.5 Å². The molecule has 0 atom stereocenters. The molecule has 1 aliphatic heterocycles. The number of ether oxygens (including phenoxy) is 1. The minimum absolute atomic E-state index is 0.0788. The molecule has 0 saturated carbocycles. The van der Waals surface area contributed by atoms with Gasteiger partial charge in [-0.2, -0.15) is 0 Å². The Hall–Kier alpha value is -3.35. The summed E-state index contributed by atoms with van der Waals surface area (Å²) in [4.78, 5) is 38.7. The largest absolute Gasteiger partial charge is 0.496 e. The number of methoxy groups -OCH3 is 1. The van der Waals surface area contributed by atoms with E-state index in [-0.39, 0.29) is 11.8 Å². The van der Waals surface area contributed by atoms with Gasteiger partial charge in [0.1, 0.15) is 5.75 Å². The Balaban J connectivity index is 1.58. The number of hydrogen-bond donors (Lipinski definition) is 2. The Labute approximate surface area is 182 Å². The van der Waals surface area contributed by atoms with Gasteiger partial charge in [0.05, 0.1) is 7.11 Å². The van der Waals surface area contributed by atoms with Gasteiger partial charge < -0.3 is 20.3 Å². The van der Waals surface area contributed by atoms with Crippen LogP contribution in [0.1, 0.15) is 31.4 Å². The molecule has 31 heavy (non-hydrogen) atoms. The van der Waals surface area contributed by atoms with Gasteiger partial charge >= 0.3 is 11.8 Å². The van der Waals surface area contributed by atoms with Crippen LogP contribution < -0.4 is 20.3 Å². The molecular weight excluding hydrogens is 394 g/mol. The Kier molecular flexibility index (Phi) is 7.28. The van der Waals surface area contributed by atoms with Crippen molar-refractivity contribution in [3.05, 3.63) is 53.6 Å². The van der Waals surface area contributed by atoms with Crippen LogP contribution in [0.3, 0.4) is 0 Å². The van der Waals surface area contributed by atoms with Gasteiger partial charge in [0.25, 0.3) is 0 Å². The molecule has 0 aromatic heterocycles. The van der Waals surface area contributed by atoms with Crippen LogP contribution in [-0.2, 0) is 27.2 Å². The van der Waals surface area contributed by atoms with Gasteiger partial charge in [-0.15, -0.1) is 0 Å². The summed E-state index contributed by atoms with van der Waals surface area (Å²) < 4.78 is 5.29. The molecule has 7 heteroatoms. The number of rotatable bonds is 6. The predicted molar refractivity (Wildman–Crippen MR) is 120 cm³/mol. The van der Waals surface area contributed by atoms with Crippen molar-refractivity contribution in [1.82, 2.24) is 5.32 Å². The van der Waals surface area contributed by atoms with Gasteiger partial charge in [0.2, 0.25) is 5.91 Å². The van der Waals surface area contributed by atoms with Gasteiger partial charge in [0, 0.05) is 30.4 Å². The minimum Gasteiger partial charge on any atom is -0.496 e. The van der Waals surface area contributed by atoms with Crippen LogP contribution in [0, 0.1) is 5.92 Å². The zero-order valence-electron chi connectivity index (χ0n) is 18.2. The van der Waals surface area contributed by atoms with Gasteiger partial charge in [-0.1, -0.05) is 32.0 Å². The highest BCUT2D eigenvalue weighted by molar-refractivity contribution is 6.39. The third-order valence-corrected chi connectivity index (χ3v) is 5.29. The highest BCUT2D eigenvalue weighted by Gasteiger charge is 2.25. The number of anilines is 2. The summed E-state index contributed by atoms with van der Waals surface area (Å²) in [5.41, 5.74) is 3.38. The van der Waals surface area contributed by atoms with E-state index in [0.29, 0.717) is 25.2 Å². The lowest BCUT2D eigenvalue weighted by Gasteiger charge is -2.31. The van der Waals surface area contributed by atoms with Crippen LogP contribution in [0.5, 0.6) is 5.75 Å². The Morgan fingerprint density at radius 1 is 1.10 bits per heavy atom. The molecule has 2 aromatic carbocycles. The first-order valence-electron chi connectivity index (χ1n) is 10.6. The summed E-state index contributed by atoms with van der Waals surface area (Å²) in [5, 5.41) is 5.29. The van der Waals surface area contributed by atoms with Gasteiger partial charge in [0.15, 0.2) is 0 Å². The number of fused-ring (bicyclic) bond motifs is 1. The van der Waals surface area contributed by atoms with Crippen LogP contribution in [-0.4, -0.2) is 37.9 Å². The number of carbonyl (C=O) groups is 3. The summed E-state index contributed by atoms with van der Waals surface area (Å²) in [7, 11) is 1.60. The monoisotopic (exact) mass is 423 g/mol. The molecule has 0 bridgehead atoms. The summed E-state index contributed by atoms with van der Waals surface area (Å²) in [6.07, 6.45) is 2.25. The Bertz CT molecular complexity index is 971. The van der Waals surface area contributed by atoms with Crippen molar-refractivity contribution in [3.8, 4) is 5.75 Å². The number of aryl methyl sites for hydroxylation is 1. The molecule has 164 valence electrons. The summed E-state index contributed by atoms with van der Waals surface area (Å²) in [6, 6.07) is 13.0. The molecule has 0 radical (unpaired) electrons. The molecule has 7 nitrogen and oxygen atoms in total. The highest BCUT2D eigenvalue weighted by Crippen LogP contribution is 2.30. The summed E-state index contributed by atoms with van der Waals surface area (Å²) >= 11 is 0. The fourth-order valence-electron chi connectivity index (χ4n) is 3.70. The number of benzene rings is 2. The molecule has 0 unspecified atom stereocenters. The van der Waals surface area contributed by atoms with E-state index in [4.69, 9.17) is 4.74 Å². The molecule has 0 fully saturated rings. The fraction of sp³-hybridized carbons (Fsp3) is 0.375. The van der Waals surface area contributed by atoms with Gasteiger partial charge in [-0.25, -0.2) is 0 Å². The molecule has 0 aliphatic carbocycles. The third-order valence-electron chi connectivity index (χ3n) is 5.29. The van der Waals surface area contributed by atoms with Crippen molar-refractivity contribution < 1.29 is 19.1 Å². The average Bonchev–Trinajstić information content (AvgIpc) is 2.78. The zero-order chi connectivity index (χ0) is 22.4. The normalized spacial score (nSPS) is 12.8. The van der Waals surface area contributed by atoms with Crippen LogP contribution >= 0.6 is 0 Å². The number of nitrogens with zero attached hydrogens (tertiary/aromatic N) is 1. The van der Waals surface area contributed by atoms with Crippen LogP contribution in [0.4, 0.5) is 11.4 Å². The van der Waals surface area contributed by atoms with Crippen molar-refractivity contribution in [2.24, 2.45) is 5.92 Å². The first-order valence-corrected chi connectivity index (χ1v) is 10.6. The molecular formula is C24H29N3O4. The molecule has 2 aromatic rings.